The number of halogens is 1. The smallest absolute Gasteiger partial charge is 0.423 e. The number of benzene rings is 12. The topological polar surface area (TPSA) is 92.0 Å². The molecule has 0 aliphatic rings. The molecule has 16 rings (SSSR count). The molecule has 4 heterocycles. The first-order chi connectivity index (χ1) is 38.4. The maximum absolute atomic E-state index is 9.38. The van der Waals surface area contributed by atoms with Gasteiger partial charge in [-0.3, -0.25) is 19.9 Å². The Morgan fingerprint density at radius 1 is 0.316 bits per heavy atom. The number of rotatable bonds is 4. The molecule has 16 aromatic rings. The molecular weight excluding hydrogens is 1070 g/mol. The number of aromatic nitrogens is 4. The van der Waals surface area contributed by atoms with Gasteiger partial charge in [0.05, 0.1) is 22.1 Å². The van der Waals surface area contributed by atoms with Gasteiger partial charge in [-0.25, -0.2) is 0 Å². The minimum atomic E-state index is -1.44. The van der Waals surface area contributed by atoms with Crippen LogP contribution in [0.2, 0.25) is 0 Å². The molecule has 0 spiro atoms. The lowest BCUT2D eigenvalue weighted by Gasteiger charge is -2.11. The maximum Gasteiger partial charge on any atom is 0.488 e. The van der Waals surface area contributed by atoms with Gasteiger partial charge in [0.15, 0.2) is 0 Å². The Morgan fingerprint density at radius 3 is 1.24 bits per heavy atom. The molecule has 0 fully saturated rings. The third-order valence-corrected chi connectivity index (χ3v) is 17.6. The third kappa shape index (κ3) is 8.94. The van der Waals surface area contributed by atoms with Crippen LogP contribution in [-0.2, 0) is 0 Å². The highest BCUT2D eigenvalue weighted by atomic mass is 79.9. The molecule has 0 unspecified atom stereocenters. The van der Waals surface area contributed by atoms with Crippen molar-refractivity contribution in [2.24, 2.45) is 0 Å². The molecule has 0 atom stereocenters. The van der Waals surface area contributed by atoms with Gasteiger partial charge in [0.25, 0.3) is 0 Å². The molecule has 2 N–H and O–H groups in total. The average Bonchev–Trinajstić information content (AvgIpc) is 4.28. The summed E-state index contributed by atoms with van der Waals surface area (Å²) in [5.41, 5.74) is 11.4. The Balaban J connectivity index is 0.000000120. The maximum atomic E-state index is 9.38. The van der Waals surface area contributed by atoms with Crippen LogP contribution >= 0.6 is 38.6 Å². The van der Waals surface area contributed by atoms with Crippen molar-refractivity contribution < 1.29 is 10.0 Å². The second-order valence-electron chi connectivity index (χ2n) is 19.2. The molecule has 0 saturated heterocycles. The van der Waals surface area contributed by atoms with Gasteiger partial charge in [-0.15, -0.1) is 22.7 Å². The summed E-state index contributed by atoms with van der Waals surface area (Å²) in [6.07, 6.45) is 7.05. The molecule has 4 aromatic heterocycles. The Hall–Kier alpha value is -8.74. The molecule has 10 heteroatoms. The number of nitrogens with zero attached hydrogens (tertiary/aromatic N) is 4. The van der Waals surface area contributed by atoms with E-state index >= 15 is 0 Å². The van der Waals surface area contributed by atoms with Crippen LogP contribution in [0.15, 0.2) is 248 Å². The standard InChI is InChI=1S/C34H20N2S.C18H13BO2S.C16H9BrN2.CH3/c1-2-11-27-25(9-1)30-20-22(15-16-28(30)33-32(27)35-17-18-36-33)21-7-5-8-23(19-21)24-12-6-13-29-26-10-3-4-14-31(26)37-34(24)29;20-19(21)13-6-3-5-12(11-13)14-8-4-9-16-15-7-1-2-10-17(15)22-18(14)16;17-10-5-6-13-14(9-10)11-3-1-2-4-12(11)15-16(13)19-8-7-18-15;/h1-20H;1-11,20-21H;1-9H;1H3/q;;;-1. The second-order valence-corrected chi connectivity index (χ2v) is 22.2. The zero-order chi connectivity index (χ0) is 52.3. The van der Waals surface area contributed by atoms with E-state index < -0.39 is 7.12 Å². The third-order valence-electron chi connectivity index (χ3n) is 14.7. The second kappa shape index (κ2) is 20.9. The van der Waals surface area contributed by atoms with Gasteiger partial charge in [-0.05, 0) is 96.8 Å². The van der Waals surface area contributed by atoms with E-state index in [0.717, 1.165) is 59.2 Å². The fourth-order valence-corrected chi connectivity index (χ4v) is 13.9. The van der Waals surface area contributed by atoms with Crippen LogP contribution in [0.4, 0.5) is 0 Å². The lowest BCUT2D eigenvalue weighted by molar-refractivity contribution is 0.426. The van der Waals surface area contributed by atoms with Crippen molar-refractivity contribution in [2.75, 3.05) is 0 Å². The summed E-state index contributed by atoms with van der Waals surface area (Å²) in [5.74, 6) is 0. The molecule has 0 aliphatic carbocycles. The minimum Gasteiger partial charge on any atom is -0.423 e. The quantitative estimate of drug-likeness (QED) is 0.104. The largest absolute Gasteiger partial charge is 0.488 e. The van der Waals surface area contributed by atoms with Crippen LogP contribution in [-0.4, -0.2) is 37.1 Å². The molecule has 376 valence electrons. The van der Waals surface area contributed by atoms with Crippen LogP contribution in [0.1, 0.15) is 0 Å². The van der Waals surface area contributed by atoms with E-state index in [1.807, 2.05) is 41.7 Å². The van der Waals surface area contributed by atoms with Crippen molar-refractivity contribution in [3.63, 3.8) is 0 Å². The van der Waals surface area contributed by atoms with Crippen molar-refractivity contribution in [3.8, 4) is 33.4 Å². The van der Waals surface area contributed by atoms with E-state index in [1.54, 1.807) is 42.2 Å². The molecule has 12 aromatic carbocycles. The summed E-state index contributed by atoms with van der Waals surface area (Å²) in [5, 5.41) is 33.3. The predicted octanol–water partition coefficient (Wildman–Crippen LogP) is 18.2. The molecule has 0 aliphatic heterocycles. The summed E-state index contributed by atoms with van der Waals surface area (Å²) in [6.45, 7) is 0. The molecule has 0 radical (unpaired) electrons. The Morgan fingerprint density at radius 2 is 0.709 bits per heavy atom. The first kappa shape index (κ1) is 49.8. The Kier molecular flexibility index (Phi) is 13.2. The summed E-state index contributed by atoms with van der Waals surface area (Å²) >= 11 is 7.19. The number of fused-ring (bicyclic) bond motifs is 18. The summed E-state index contributed by atoms with van der Waals surface area (Å²) in [4.78, 5) is 18.4. The predicted molar refractivity (Wildman–Crippen MR) is 342 cm³/mol. The van der Waals surface area contributed by atoms with Gasteiger partial charge < -0.3 is 17.5 Å². The van der Waals surface area contributed by atoms with Crippen LogP contribution in [0.5, 0.6) is 0 Å². The van der Waals surface area contributed by atoms with Crippen molar-refractivity contribution in [1.82, 2.24) is 19.9 Å². The van der Waals surface area contributed by atoms with E-state index in [0.29, 0.717) is 5.46 Å². The summed E-state index contributed by atoms with van der Waals surface area (Å²) < 4.78 is 6.25. The summed E-state index contributed by atoms with van der Waals surface area (Å²) in [7, 11) is -1.44. The zero-order valence-electron chi connectivity index (χ0n) is 42.5. The van der Waals surface area contributed by atoms with Crippen molar-refractivity contribution in [2.45, 2.75) is 0 Å². The molecular formula is C69H45BBrN4O2S2-. The van der Waals surface area contributed by atoms with E-state index in [4.69, 9.17) is 4.98 Å². The van der Waals surface area contributed by atoms with Gasteiger partial charge >= 0.3 is 7.12 Å². The van der Waals surface area contributed by atoms with E-state index in [9.17, 15) is 10.0 Å². The first-order valence-corrected chi connectivity index (χ1v) is 28.0. The highest BCUT2D eigenvalue weighted by Gasteiger charge is 2.17. The van der Waals surface area contributed by atoms with E-state index in [2.05, 4.69) is 213 Å². The highest BCUT2D eigenvalue weighted by molar-refractivity contribution is 9.10. The number of hydrogen-bond donors (Lipinski definition) is 2. The number of hydrogen-bond acceptors (Lipinski definition) is 8. The van der Waals surface area contributed by atoms with Crippen LogP contribution in [0.25, 0.3) is 139 Å². The normalized spacial score (nSPS) is 11.4. The fourth-order valence-electron chi connectivity index (χ4n) is 11.1. The Bertz CT molecular complexity index is 4950. The molecule has 0 saturated carbocycles. The van der Waals surface area contributed by atoms with Gasteiger partial charge in [-0.1, -0.05) is 198 Å². The zero-order valence-corrected chi connectivity index (χ0v) is 45.8. The molecule has 6 nitrogen and oxygen atoms in total. The van der Waals surface area contributed by atoms with Crippen molar-refractivity contribution in [3.05, 3.63) is 255 Å². The minimum absolute atomic E-state index is 0. The van der Waals surface area contributed by atoms with E-state index in [-0.39, 0.29) is 7.43 Å². The van der Waals surface area contributed by atoms with Crippen LogP contribution < -0.4 is 5.46 Å². The van der Waals surface area contributed by atoms with Crippen molar-refractivity contribution in [1.29, 1.82) is 0 Å². The van der Waals surface area contributed by atoms with E-state index in [1.165, 1.54) is 84.1 Å². The Labute approximate surface area is 471 Å². The van der Waals surface area contributed by atoms with Crippen molar-refractivity contribution >= 4 is 157 Å². The number of thiophene rings is 2. The fraction of sp³-hybridized carbons (Fsp3) is 0. The van der Waals surface area contributed by atoms with Gasteiger partial charge in [0, 0.05) is 91.1 Å². The molecule has 79 heavy (non-hydrogen) atoms. The average molecular weight is 1120 g/mol. The van der Waals surface area contributed by atoms with Crippen LogP contribution in [0.3, 0.4) is 0 Å². The lowest BCUT2D eigenvalue weighted by Crippen LogP contribution is -2.29. The molecule has 0 amide bonds. The highest BCUT2D eigenvalue weighted by Crippen LogP contribution is 2.43. The van der Waals surface area contributed by atoms with Gasteiger partial charge in [0.2, 0.25) is 0 Å². The monoisotopic (exact) mass is 1120 g/mol. The van der Waals surface area contributed by atoms with Gasteiger partial charge in [-0.2, -0.15) is 0 Å². The molecule has 0 bridgehead atoms. The van der Waals surface area contributed by atoms with Gasteiger partial charge in [0.1, 0.15) is 0 Å². The van der Waals surface area contributed by atoms with Crippen LogP contribution in [0, 0.1) is 7.43 Å². The first-order valence-electron chi connectivity index (χ1n) is 25.6. The SMILES string of the molecule is Brc1ccc2c(c1)c1ccccc1c1nccnc21.OB(O)c1cccc(-c2cccc3c2sc2ccccc23)c1.[CH3-].c1cc(-c2ccc3c(c2)c2ccccc2c2nccnc32)cc(-c2cccc3c2sc2ccccc23)c1. The summed E-state index contributed by atoms with van der Waals surface area (Å²) in [6, 6.07) is 76.2. The lowest BCUT2D eigenvalue weighted by atomic mass is 9.79.